The summed E-state index contributed by atoms with van der Waals surface area (Å²) in [6.07, 6.45) is 4.26. The van der Waals surface area contributed by atoms with Crippen LogP contribution in [0.1, 0.15) is 48.8 Å². The molecule has 1 aliphatic heterocycles. The minimum Gasteiger partial charge on any atom is -0.332 e. The van der Waals surface area contributed by atoms with E-state index in [2.05, 4.69) is 32.5 Å². The van der Waals surface area contributed by atoms with Crippen LogP contribution >= 0.6 is 11.3 Å². The third-order valence-electron chi connectivity index (χ3n) is 3.72. The van der Waals surface area contributed by atoms with Crippen molar-refractivity contribution in [1.82, 2.24) is 30.5 Å². The van der Waals surface area contributed by atoms with Gasteiger partial charge in [-0.3, -0.25) is 4.79 Å². The molecule has 0 saturated carbocycles. The van der Waals surface area contributed by atoms with Gasteiger partial charge in [0.25, 0.3) is 0 Å². The lowest BCUT2D eigenvalue weighted by molar-refractivity contribution is -0.134. The number of hydrogen-bond donors (Lipinski definition) is 1. The standard InChI is InChI=1S/C13H18N6OS/c1-2-11-14-9(8-21-11)7-12(20)19-6-4-3-5-10(19)13-15-17-18-16-13/h8,10H,2-7H2,1H3,(H,15,16,17,18). The van der Waals surface area contributed by atoms with Crippen LogP contribution in [-0.2, 0) is 17.6 Å². The lowest BCUT2D eigenvalue weighted by Gasteiger charge is -2.33. The van der Waals surface area contributed by atoms with Gasteiger partial charge in [-0.2, -0.15) is 5.21 Å². The highest BCUT2D eigenvalue weighted by Crippen LogP contribution is 2.28. The minimum absolute atomic E-state index is 0.0609. The first kappa shape index (κ1) is 14.1. The van der Waals surface area contributed by atoms with E-state index in [0.29, 0.717) is 12.2 Å². The largest absolute Gasteiger partial charge is 0.332 e. The molecule has 3 heterocycles. The highest BCUT2D eigenvalue weighted by atomic mass is 32.1. The number of H-pyrrole nitrogens is 1. The fourth-order valence-corrected chi connectivity index (χ4v) is 3.40. The molecular formula is C13H18N6OS. The Bertz CT molecular complexity index is 596. The van der Waals surface area contributed by atoms with Crippen molar-refractivity contribution in [3.63, 3.8) is 0 Å². The maximum atomic E-state index is 12.6. The molecule has 0 aliphatic carbocycles. The van der Waals surface area contributed by atoms with Crippen LogP contribution in [0.15, 0.2) is 5.38 Å². The Balaban J connectivity index is 1.72. The zero-order valence-electron chi connectivity index (χ0n) is 11.9. The summed E-state index contributed by atoms with van der Waals surface area (Å²) in [5.74, 6) is 0.702. The maximum Gasteiger partial charge on any atom is 0.229 e. The van der Waals surface area contributed by atoms with Gasteiger partial charge < -0.3 is 4.90 Å². The van der Waals surface area contributed by atoms with E-state index < -0.39 is 0 Å². The third-order valence-corrected chi connectivity index (χ3v) is 4.76. The molecule has 1 saturated heterocycles. The highest BCUT2D eigenvalue weighted by molar-refractivity contribution is 7.09. The summed E-state index contributed by atoms with van der Waals surface area (Å²) < 4.78 is 0. The number of rotatable bonds is 4. The summed E-state index contributed by atoms with van der Waals surface area (Å²) in [6, 6.07) is -0.0609. The molecule has 1 unspecified atom stereocenters. The van der Waals surface area contributed by atoms with E-state index in [-0.39, 0.29) is 11.9 Å². The van der Waals surface area contributed by atoms with Gasteiger partial charge in [-0.1, -0.05) is 12.1 Å². The number of aryl methyl sites for hydroxylation is 1. The van der Waals surface area contributed by atoms with Gasteiger partial charge in [0.15, 0.2) is 5.82 Å². The Morgan fingerprint density at radius 3 is 3.14 bits per heavy atom. The summed E-state index contributed by atoms with van der Waals surface area (Å²) in [5.41, 5.74) is 0.860. The Morgan fingerprint density at radius 2 is 2.43 bits per heavy atom. The van der Waals surface area contributed by atoms with E-state index in [1.165, 1.54) is 0 Å². The molecule has 3 rings (SSSR count). The molecule has 1 N–H and O–H groups in total. The van der Waals surface area contributed by atoms with Crippen LogP contribution in [-0.4, -0.2) is 43.0 Å². The number of carbonyl (C=O) groups excluding carboxylic acids is 1. The maximum absolute atomic E-state index is 12.6. The summed E-state index contributed by atoms with van der Waals surface area (Å²) in [6.45, 7) is 2.82. The first-order valence-corrected chi connectivity index (χ1v) is 8.12. The molecule has 0 bridgehead atoms. The monoisotopic (exact) mass is 306 g/mol. The number of nitrogens with one attached hydrogen (secondary N) is 1. The summed E-state index contributed by atoms with van der Waals surface area (Å²) >= 11 is 1.62. The van der Waals surface area contributed by atoms with Crippen molar-refractivity contribution in [2.75, 3.05) is 6.54 Å². The number of carbonyl (C=O) groups is 1. The molecule has 2 aromatic heterocycles. The van der Waals surface area contributed by atoms with E-state index >= 15 is 0 Å². The number of likely N-dealkylation sites (tertiary alicyclic amines) is 1. The van der Waals surface area contributed by atoms with Crippen LogP contribution in [0.5, 0.6) is 0 Å². The Kier molecular flexibility index (Phi) is 4.23. The number of nitrogens with zero attached hydrogens (tertiary/aromatic N) is 5. The molecule has 1 fully saturated rings. The van der Waals surface area contributed by atoms with Gasteiger partial charge in [0, 0.05) is 11.9 Å². The van der Waals surface area contributed by atoms with E-state index in [9.17, 15) is 4.79 Å². The Labute approximate surface area is 126 Å². The van der Waals surface area contributed by atoms with Gasteiger partial charge in [0.2, 0.25) is 5.91 Å². The van der Waals surface area contributed by atoms with Crippen molar-refractivity contribution >= 4 is 17.2 Å². The molecule has 7 nitrogen and oxygen atoms in total. The first-order chi connectivity index (χ1) is 10.3. The van der Waals surface area contributed by atoms with Gasteiger partial charge in [0.1, 0.15) is 0 Å². The molecule has 21 heavy (non-hydrogen) atoms. The van der Waals surface area contributed by atoms with Crippen LogP contribution in [0, 0.1) is 0 Å². The van der Waals surface area contributed by atoms with Crippen molar-refractivity contribution in [3.05, 3.63) is 21.9 Å². The molecule has 2 aromatic rings. The topological polar surface area (TPSA) is 87.7 Å². The second kappa shape index (κ2) is 6.30. The second-order valence-electron chi connectivity index (χ2n) is 5.13. The van der Waals surface area contributed by atoms with Gasteiger partial charge in [-0.05, 0) is 25.7 Å². The van der Waals surface area contributed by atoms with E-state index in [1.54, 1.807) is 11.3 Å². The predicted octanol–water partition coefficient (Wildman–Crippen LogP) is 1.51. The highest BCUT2D eigenvalue weighted by Gasteiger charge is 2.30. The number of aromatic amines is 1. The molecular weight excluding hydrogens is 288 g/mol. The SMILES string of the molecule is CCc1nc(CC(=O)N2CCCCC2c2nn[nH]n2)cs1. The van der Waals surface area contributed by atoms with Crippen LogP contribution in [0.2, 0.25) is 0 Å². The molecule has 1 atom stereocenters. The zero-order valence-corrected chi connectivity index (χ0v) is 12.8. The number of tetrazole rings is 1. The van der Waals surface area contributed by atoms with Crippen LogP contribution in [0.3, 0.4) is 0 Å². The summed E-state index contributed by atoms with van der Waals surface area (Å²) in [5, 5.41) is 17.2. The van der Waals surface area contributed by atoms with Crippen molar-refractivity contribution in [2.24, 2.45) is 0 Å². The van der Waals surface area contributed by atoms with E-state index in [4.69, 9.17) is 0 Å². The van der Waals surface area contributed by atoms with Gasteiger partial charge in [-0.25, -0.2) is 4.98 Å². The van der Waals surface area contributed by atoms with Crippen molar-refractivity contribution in [3.8, 4) is 0 Å². The predicted molar refractivity (Wildman–Crippen MR) is 77.7 cm³/mol. The van der Waals surface area contributed by atoms with Gasteiger partial charge >= 0.3 is 0 Å². The van der Waals surface area contributed by atoms with E-state index in [0.717, 1.165) is 42.9 Å². The molecule has 1 aliphatic rings. The molecule has 0 radical (unpaired) electrons. The number of amides is 1. The molecule has 1 amide bonds. The van der Waals surface area contributed by atoms with Crippen molar-refractivity contribution in [2.45, 2.75) is 45.1 Å². The van der Waals surface area contributed by atoms with Crippen LogP contribution < -0.4 is 0 Å². The normalized spacial score (nSPS) is 18.9. The lowest BCUT2D eigenvalue weighted by Crippen LogP contribution is -2.40. The quantitative estimate of drug-likeness (QED) is 0.925. The third kappa shape index (κ3) is 3.10. The lowest BCUT2D eigenvalue weighted by atomic mass is 10.0. The Morgan fingerprint density at radius 1 is 1.52 bits per heavy atom. The molecule has 112 valence electrons. The summed E-state index contributed by atoms with van der Waals surface area (Å²) in [7, 11) is 0. The zero-order chi connectivity index (χ0) is 14.7. The first-order valence-electron chi connectivity index (χ1n) is 7.24. The average Bonchev–Trinajstić information content (AvgIpc) is 3.18. The summed E-state index contributed by atoms with van der Waals surface area (Å²) in [4.78, 5) is 18.9. The number of thiazole rings is 1. The smallest absolute Gasteiger partial charge is 0.229 e. The fraction of sp³-hybridized carbons (Fsp3) is 0.615. The van der Waals surface area contributed by atoms with Crippen molar-refractivity contribution < 1.29 is 4.79 Å². The fourth-order valence-electron chi connectivity index (χ4n) is 2.66. The average molecular weight is 306 g/mol. The minimum atomic E-state index is -0.0609. The molecule has 0 aromatic carbocycles. The number of aromatic nitrogens is 5. The molecule has 8 heteroatoms. The second-order valence-corrected chi connectivity index (χ2v) is 6.07. The van der Waals surface area contributed by atoms with Crippen molar-refractivity contribution in [1.29, 1.82) is 0 Å². The van der Waals surface area contributed by atoms with Crippen LogP contribution in [0.25, 0.3) is 0 Å². The van der Waals surface area contributed by atoms with Crippen LogP contribution in [0.4, 0.5) is 0 Å². The number of piperidine rings is 1. The van der Waals surface area contributed by atoms with E-state index in [1.807, 2.05) is 10.3 Å². The molecule has 0 spiro atoms. The van der Waals surface area contributed by atoms with Gasteiger partial charge in [0.05, 0.1) is 23.2 Å². The number of hydrogen-bond acceptors (Lipinski definition) is 6. The Hall–Kier alpha value is -1.83. The van der Waals surface area contributed by atoms with Gasteiger partial charge in [-0.15, -0.1) is 21.5 Å².